The van der Waals surface area contributed by atoms with Crippen LogP contribution in [0.15, 0.2) is 30.6 Å². The van der Waals surface area contributed by atoms with E-state index in [0.717, 1.165) is 26.3 Å². The van der Waals surface area contributed by atoms with Gasteiger partial charge in [0.05, 0.1) is 13.2 Å². The molecule has 0 saturated carbocycles. The maximum absolute atomic E-state index is 5.01. The van der Waals surface area contributed by atoms with Crippen LogP contribution in [-0.4, -0.2) is 31.3 Å². The van der Waals surface area contributed by atoms with E-state index < -0.39 is 0 Å². The van der Waals surface area contributed by atoms with E-state index in [0.29, 0.717) is 0 Å². The lowest BCUT2D eigenvalue weighted by molar-refractivity contribution is 0.109. The fourth-order valence-corrected chi connectivity index (χ4v) is 0.828. The van der Waals surface area contributed by atoms with Gasteiger partial charge in [-0.2, -0.15) is 0 Å². The first kappa shape index (κ1) is 9.16. The third kappa shape index (κ3) is 4.82. The van der Waals surface area contributed by atoms with Gasteiger partial charge in [0.15, 0.2) is 0 Å². The molecule has 0 spiro atoms. The lowest BCUT2D eigenvalue weighted by Crippen LogP contribution is -2.30. The molecule has 0 amide bonds. The largest absolute Gasteiger partial charge is 0.379 e. The topological polar surface area (TPSA) is 34.1 Å². The summed E-state index contributed by atoms with van der Waals surface area (Å²) >= 11 is 0. The number of hydrogen-bond acceptors (Lipinski definition) is 3. The van der Waals surface area contributed by atoms with Crippen molar-refractivity contribution in [2.24, 2.45) is 0 Å². The summed E-state index contributed by atoms with van der Waals surface area (Å²) in [6, 6.07) is 5.72. The number of pyridine rings is 1. The van der Waals surface area contributed by atoms with E-state index in [2.05, 4.69) is 10.3 Å². The molecule has 0 bridgehead atoms. The first-order chi connectivity index (χ1) is 6.00. The zero-order valence-electron chi connectivity index (χ0n) is 7.07. The molecule has 1 aliphatic rings. The van der Waals surface area contributed by atoms with E-state index in [-0.39, 0.29) is 0 Å². The van der Waals surface area contributed by atoms with Crippen LogP contribution in [0.5, 0.6) is 0 Å². The quantitative estimate of drug-likeness (QED) is 0.615. The Balaban J connectivity index is 0.000000120. The van der Waals surface area contributed by atoms with Gasteiger partial charge in [0.1, 0.15) is 0 Å². The first-order valence-corrected chi connectivity index (χ1v) is 4.13. The average Bonchev–Trinajstić information content (AvgIpc) is 2.24. The fraction of sp³-hybridized carbons (Fsp3) is 0.444. The van der Waals surface area contributed by atoms with Gasteiger partial charge in [-0.3, -0.25) is 4.98 Å². The molecular weight excluding hydrogens is 152 g/mol. The van der Waals surface area contributed by atoms with E-state index in [1.54, 1.807) is 12.4 Å². The molecule has 0 unspecified atom stereocenters. The summed E-state index contributed by atoms with van der Waals surface area (Å²) in [5.74, 6) is 0. The molecule has 2 heterocycles. The Morgan fingerprint density at radius 2 is 1.67 bits per heavy atom. The normalized spacial score (nSPS) is 16.0. The molecule has 3 heteroatoms. The predicted molar refractivity (Wildman–Crippen MR) is 47.9 cm³/mol. The monoisotopic (exact) mass is 166 g/mol. The highest BCUT2D eigenvalue weighted by molar-refractivity contribution is 4.88. The molecule has 0 radical (unpaired) electrons. The van der Waals surface area contributed by atoms with Gasteiger partial charge < -0.3 is 10.1 Å². The standard InChI is InChI=1S/C5H5N.C4H9NO/c1-2-4-6-5-3-1;1-3-6-4-2-5-1/h1-5H;5H,1-4H2. The van der Waals surface area contributed by atoms with Crippen molar-refractivity contribution in [2.75, 3.05) is 26.3 Å². The highest BCUT2D eigenvalue weighted by Gasteiger charge is 1.92. The van der Waals surface area contributed by atoms with E-state index in [1.165, 1.54) is 0 Å². The fourth-order valence-electron chi connectivity index (χ4n) is 0.828. The van der Waals surface area contributed by atoms with Crippen molar-refractivity contribution < 1.29 is 4.74 Å². The van der Waals surface area contributed by atoms with Crippen molar-refractivity contribution in [1.82, 2.24) is 10.3 Å². The van der Waals surface area contributed by atoms with E-state index in [9.17, 15) is 0 Å². The van der Waals surface area contributed by atoms with Gasteiger partial charge in [0.2, 0.25) is 0 Å². The average molecular weight is 166 g/mol. The van der Waals surface area contributed by atoms with Gasteiger partial charge in [0.25, 0.3) is 0 Å². The van der Waals surface area contributed by atoms with Gasteiger partial charge >= 0.3 is 0 Å². The number of hydrogen-bond donors (Lipinski definition) is 1. The molecular formula is C9H14N2O. The molecule has 0 aliphatic carbocycles. The summed E-state index contributed by atoms with van der Waals surface area (Å²) in [5, 5.41) is 3.16. The zero-order valence-corrected chi connectivity index (χ0v) is 7.07. The summed E-state index contributed by atoms with van der Waals surface area (Å²) < 4.78 is 5.01. The van der Waals surface area contributed by atoms with Gasteiger partial charge in [-0.05, 0) is 12.1 Å². The Hall–Kier alpha value is -0.930. The van der Waals surface area contributed by atoms with Crippen LogP contribution in [0.1, 0.15) is 0 Å². The summed E-state index contributed by atoms with van der Waals surface area (Å²) in [6.45, 7) is 3.83. The number of nitrogens with zero attached hydrogens (tertiary/aromatic N) is 1. The molecule has 66 valence electrons. The van der Waals surface area contributed by atoms with Crippen LogP contribution in [0.3, 0.4) is 0 Å². The number of morpholine rings is 1. The second-order valence-corrected chi connectivity index (χ2v) is 2.39. The van der Waals surface area contributed by atoms with E-state index in [1.807, 2.05) is 18.2 Å². The Morgan fingerprint density at radius 1 is 1.00 bits per heavy atom. The van der Waals surface area contributed by atoms with Crippen molar-refractivity contribution in [3.63, 3.8) is 0 Å². The molecule has 1 aliphatic heterocycles. The highest BCUT2D eigenvalue weighted by Crippen LogP contribution is 1.76. The van der Waals surface area contributed by atoms with Gasteiger partial charge in [-0.15, -0.1) is 0 Å². The maximum Gasteiger partial charge on any atom is 0.0591 e. The molecule has 1 aromatic rings. The molecule has 2 rings (SSSR count). The van der Waals surface area contributed by atoms with Crippen LogP contribution in [0.2, 0.25) is 0 Å². The van der Waals surface area contributed by atoms with Crippen molar-refractivity contribution in [1.29, 1.82) is 0 Å². The molecule has 1 N–H and O–H groups in total. The van der Waals surface area contributed by atoms with E-state index in [4.69, 9.17) is 4.74 Å². The van der Waals surface area contributed by atoms with Gasteiger partial charge in [-0.1, -0.05) is 6.07 Å². The predicted octanol–water partition coefficient (Wildman–Crippen LogP) is 0.688. The lowest BCUT2D eigenvalue weighted by Gasteiger charge is -2.10. The number of rotatable bonds is 0. The molecule has 12 heavy (non-hydrogen) atoms. The SMILES string of the molecule is C1COCCN1.c1ccncc1. The van der Waals surface area contributed by atoms with Crippen molar-refractivity contribution in [2.45, 2.75) is 0 Å². The first-order valence-electron chi connectivity index (χ1n) is 4.13. The number of nitrogens with one attached hydrogen (secondary N) is 1. The second-order valence-electron chi connectivity index (χ2n) is 2.39. The van der Waals surface area contributed by atoms with Crippen LogP contribution < -0.4 is 5.32 Å². The smallest absolute Gasteiger partial charge is 0.0591 e. The third-order valence-electron chi connectivity index (χ3n) is 1.41. The molecule has 1 fully saturated rings. The Kier molecular flexibility index (Phi) is 5.16. The molecule has 0 aromatic carbocycles. The molecule has 3 nitrogen and oxygen atoms in total. The van der Waals surface area contributed by atoms with Crippen LogP contribution in [0, 0.1) is 0 Å². The van der Waals surface area contributed by atoms with Crippen molar-refractivity contribution in [3.05, 3.63) is 30.6 Å². The second kappa shape index (κ2) is 6.76. The summed E-state index contributed by atoms with van der Waals surface area (Å²) in [7, 11) is 0. The Morgan fingerprint density at radius 3 is 1.83 bits per heavy atom. The maximum atomic E-state index is 5.01. The summed E-state index contributed by atoms with van der Waals surface area (Å²) in [4.78, 5) is 3.78. The highest BCUT2D eigenvalue weighted by atomic mass is 16.5. The minimum atomic E-state index is 0.889. The van der Waals surface area contributed by atoms with Crippen molar-refractivity contribution >= 4 is 0 Å². The lowest BCUT2D eigenvalue weighted by atomic mass is 10.5. The van der Waals surface area contributed by atoms with E-state index >= 15 is 0 Å². The van der Waals surface area contributed by atoms with Crippen molar-refractivity contribution in [3.8, 4) is 0 Å². The number of ether oxygens (including phenoxy) is 1. The van der Waals surface area contributed by atoms with Crippen LogP contribution in [-0.2, 0) is 4.74 Å². The van der Waals surface area contributed by atoms with Gasteiger partial charge in [0, 0.05) is 25.5 Å². The zero-order chi connectivity index (χ0) is 8.49. The Labute approximate surface area is 72.8 Å². The Bertz CT molecular complexity index is 137. The molecule has 1 aromatic heterocycles. The van der Waals surface area contributed by atoms with Crippen LogP contribution >= 0.6 is 0 Å². The van der Waals surface area contributed by atoms with Gasteiger partial charge in [-0.25, -0.2) is 0 Å². The molecule has 1 saturated heterocycles. The van der Waals surface area contributed by atoms with Crippen LogP contribution in [0.4, 0.5) is 0 Å². The third-order valence-corrected chi connectivity index (χ3v) is 1.41. The minimum Gasteiger partial charge on any atom is -0.379 e. The summed E-state index contributed by atoms with van der Waals surface area (Å²) in [5.41, 5.74) is 0. The van der Waals surface area contributed by atoms with Crippen LogP contribution in [0.25, 0.3) is 0 Å². The minimum absolute atomic E-state index is 0.889. The molecule has 0 atom stereocenters. The summed E-state index contributed by atoms with van der Waals surface area (Å²) in [6.07, 6.45) is 3.50. The number of aromatic nitrogens is 1.